The predicted molar refractivity (Wildman–Crippen MR) is 198 cm³/mol. The summed E-state index contributed by atoms with van der Waals surface area (Å²) < 4.78 is 6.18. The van der Waals surface area contributed by atoms with Crippen LogP contribution in [0.3, 0.4) is 0 Å². The van der Waals surface area contributed by atoms with Crippen molar-refractivity contribution in [1.29, 1.82) is 0 Å². The van der Waals surface area contributed by atoms with Crippen molar-refractivity contribution in [3.8, 4) is 11.3 Å². The Morgan fingerprint density at radius 1 is 0.717 bits per heavy atom. The Hall–Kier alpha value is -2.62. The number of rotatable bonds is 8. The summed E-state index contributed by atoms with van der Waals surface area (Å²) in [7, 11) is 10.5. The number of para-hydroxylation sites is 2. The molecule has 5 aromatic rings. The molecule has 2 aromatic heterocycles. The first-order chi connectivity index (χ1) is 21.7. The van der Waals surface area contributed by atoms with Gasteiger partial charge in [0.05, 0.1) is 16.3 Å². The molecule has 0 radical (unpaired) electrons. The standard InChI is InChI=1S/C32H33N2OS.3C2H6N.Hf/c1-6-27-29(25-15-10-11-18-28(25)35-27)26-19-36-32(33-26)30(22-13-8-7-9-14-22)34-31-23(20(2)3)16-12-17-24(31)21(4)5;3*1-3-2;/h7-21,30H,6H2,1-5H3;3*1-2H3;/q4*-1;. The number of aryl methyl sites for hydroxylation is 1. The molecule has 0 amide bonds. The van der Waals surface area contributed by atoms with Gasteiger partial charge >= 0.3 is 0 Å². The Bertz CT molecular complexity index is 1500. The molecule has 0 aliphatic heterocycles. The normalized spacial score (nSPS) is 11.0. The Morgan fingerprint density at radius 3 is 1.76 bits per heavy atom. The quantitative estimate of drug-likeness (QED) is 0.146. The SMILES string of the molecule is CCc1oc2ccccc2c1-c1csc(C([N-]c2c(C(C)C)cccc2C(C)C)c2ccccc2)n1.C[N-]C.C[N-]C.C[N-]C.[Hf]. The van der Waals surface area contributed by atoms with Gasteiger partial charge < -0.3 is 25.7 Å². The van der Waals surface area contributed by atoms with Crippen molar-refractivity contribution in [2.24, 2.45) is 0 Å². The number of benzene rings is 3. The van der Waals surface area contributed by atoms with Gasteiger partial charge in [-0.3, -0.25) is 0 Å². The van der Waals surface area contributed by atoms with E-state index in [1.165, 1.54) is 11.1 Å². The van der Waals surface area contributed by atoms with Gasteiger partial charge in [-0.15, -0.1) is 17.0 Å². The molecule has 0 saturated carbocycles. The van der Waals surface area contributed by atoms with E-state index in [-0.39, 0.29) is 31.9 Å². The minimum absolute atomic E-state index is 0. The average molecular weight is 804 g/mol. The Morgan fingerprint density at radius 2 is 1.24 bits per heavy atom. The van der Waals surface area contributed by atoms with E-state index in [0.29, 0.717) is 11.8 Å². The van der Waals surface area contributed by atoms with Crippen molar-refractivity contribution < 1.29 is 30.3 Å². The minimum Gasteiger partial charge on any atom is -0.672 e. The second kappa shape index (κ2) is 22.0. The van der Waals surface area contributed by atoms with Gasteiger partial charge in [0.15, 0.2) is 0 Å². The predicted octanol–water partition coefficient (Wildman–Crippen LogP) is 12.0. The summed E-state index contributed by atoms with van der Waals surface area (Å²) in [6, 6.07) is 25.2. The molecule has 0 saturated heterocycles. The number of fused-ring (bicyclic) bond motifs is 1. The third-order valence-electron chi connectivity index (χ3n) is 6.72. The molecule has 0 spiro atoms. The maximum atomic E-state index is 6.18. The fraction of sp³-hybridized carbons (Fsp3) is 0.395. The van der Waals surface area contributed by atoms with E-state index in [4.69, 9.17) is 14.7 Å². The van der Waals surface area contributed by atoms with Gasteiger partial charge in [-0.25, -0.2) is 4.98 Å². The average Bonchev–Trinajstić information content (AvgIpc) is 3.66. The third-order valence-corrected chi connectivity index (χ3v) is 7.61. The zero-order chi connectivity index (χ0) is 33.4. The molecule has 3 aromatic carbocycles. The molecule has 248 valence electrons. The summed E-state index contributed by atoms with van der Waals surface area (Å²) in [5.74, 6) is 1.75. The van der Waals surface area contributed by atoms with Crippen molar-refractivity contribution in [3.63, 3.8) is 0 Å². The monoisotopic (exact) mass is 805 g/mol. The van der Waals surface area contributed by atoms with Gasteiger partial charge in [0, 0.05) is 43.0 Å². The van der Waals surface area contributed by atoms with Crippen LogP contribution < -0.4 is 0 Å². The number of furan rings is 1. The van der Waals surface area contributed by atoms with Crippen molar-refractivity contribution in [3.05, 3.63) is 127 Å². The maximum absolute atomic E-state index is 6.18. The number of nitrogens with zero attached hydrogens (tertiary/aromatic N) is 5. The summed E-state index contributed by atoms with van der Waals surface area (Å²) in [4.78, 5) is 5.20. The second-order valence-electron chi connectivity index (χ2n) is 11.2. The molecule has 1 atom stereocenters. The Kier molecular flexibility index (Phi) is 19.8. The topological polar surface area (TPSA) is 82.4 Å². The molecule has 5 rings (SSSR count). The van der Waals surface area contributed by atoms with Crippen LogP contribution >= 0.6 is 11.3 Å². The van der Waals surface area contributed by atoms with Crippen LogP contribution in [0.5, 0.6) is 0 Å². The van der Waals surface area contributed by atoms with E-state index in [0.717, 1.165) is 50.7 Å². The van der Waals surface area contributed by atoms with E-state index in [1.54, 1.807) is 53.6 Å². The van der Waals surface area contributed by atoms with Crippen molar-refractivity contribution in [1.82, 2.24) is 4.98 Å². The van der Waals surface area contributed by atoms with Crippen molar-refractivity contribution in [2.75, 3.05) is 42.3 Å². The molecule has 46 heavy (non-hydrogen) atoms. The fourth-order valence-corrected chi connectivity index (χ4v) is 5.72. The first kappa shape index (κ1) is 41.4. The summed E-state index contributed by atoms with van der Waals surface area (Å²) in [5, 5.41) is 20.2. The van der Waals surface area contributed by atoms with Gasteiger partial charge in [-0.05, 0) is 23.9 Å². The largest absolute Gasteiger partial charge is 0.672 e. The molecule has 6 nitrogen and oxygen atoms in total. The molecular weight excluding hydrogens is 753 g/mol. The van der Waals surface area contributed by atoms with Gasteiger partial charge in [0.2, 0.25) is 0 Å². The molecule has 0 fully saturated rings. The smallest absolute Gasteiger partial charge is 0.134 e. The van der Waals surface area contributed by atoms with Gasteiger partial charge in [0.25, 0.3) is 0 Å². The molecule has 0 bridgehead atoms. The van der Waals surface area contributed by atoms with E-state index in [9.17, 15) is 0 Å². The van der Waals surface area contributed by atoms with E-state index in [2.05, 4.69) is 117 Å². The van der Waals surface area contributed by atoms with E-state index >= 15 is 0 Å². The molecule has 0 N–H and O–H groups in total. The maximum Gasteiger partial charge on any atom is 0.134 e. The second-order valence-corrected chi connectivity index (χ2v) is 12.1. The summed E-state index contributed by atoms with van der Waals surface area (Å²) in [6.07, 6.45) is 0.822. The van der Waals surface area contributed by atoms with Gasteiger partial charge in [-0.2, -0.15) is 42.3 Å². The van der Waals surface area contributed by atoms with Crippen LogP contribution in [-0.2, 0) is 32.3 Å². The van der Waals surface area contributed by atoms with Crippen LogP contribution in [0.4, 0.5) is 5.69 Å². The number of thiazole rings is 1. The molecule has 2 heterocycles. The van der Waals surface area contributed by atoms with Crippen LogP contribution in [0, 0.1) is 0 Å². The first-order valence-electron chi connectivity index (χ1n) is 15.5. The number of hydrogen-bond donors (Lipinski definition) is 0. The fourth-order valence-electron chi connectivity index (χ4n) is 4.85. The van der Waals surface area contributed by atoms with Gasteiger partial charge in [0.1, 0.15) is 11.3 Å². The van der Waals surface area contributed by atoms with Crippen LogP contribution in [0.1, 0.15) is 80.0 Å². The van der Waals surface area contributed by atoms with Crippen LogP contribution in [0.25, 0.3) is 43.5 Å². The molecule has 1 unspecified atom stereocenters. The van der Waals surface area contributed by atoms with Crippen molar-refractivity contribution in [2.45, 2.75) is 58.9 Å². The molecule has 0 aliphatic carbocycles. The zero-order valence-corrected chi connectivity index (χ0v) is 33.9. The Balaban J connectivity index is 0.000000952. The van der Waals surface area contributed by atoms with Gasteiger partial charge in [-0.1, -0.05) is 118 Å². The summed E-state index contributed by atoms with van der Waals surface area (Å²) in [6.45, 7) is 11.1. The molecule has 8 heteroatoms. The van der Waals surface area contributed by atoms with Crippen molar-refractivity contribution >= 4 is 28.0 Å². The van der Waals surface area contributed by atoms with E-state index in [1.807, 2.05) is 12.1 Å². The van der Waals surface area contributed by atoms with E-state index < -0.39 is 0 Å². The van der Waals surface area contributed by atoms with Crippen LogP contribution in [-0.4, -0.2) is 47.3 Å². The summed E-state index contributed by atoms with van der Waals surface area (Å²) >= 11 is 1.68. The minimum atomic E-state index is -0.175. The molecular formula is C38H51HfN5OS-4. The Labute approximate surface area is 301 Å². The number of hydrogen-bond acceptors (Lipinski definition) is 3. The number of aromatic nitrogens is 1. The first-order valence-corrected chi connectivity index (χ1v) is 16.4. The zero-order valence-electron chi connectivity index (χ0n) is 29.5. The van der Waals surface area contributed by atoms with Crippen LogP contribution in [0.15, 0.2) is 82.6 Å². The third kappa shape index (κ3) is 11.3. The van der Waals surface area contributed by atoms with Crippen LogP contribution in [0.2, 0.25) is 0 Å². The molecule has 0 aliphatic rings. The summed E-state index contributed by atoms with van der Waals surface area (Å²) in [5.41, 5.74) is 7.81.